The molecule has 1 unspecified atom stereocenters. The lowest BCUT2D eigenvalue weighted by Gasteiger charge is -2.23. The van der Waals surface area contributed by atoms with Crippen molar-refractivity contribution in [2.45, 2.75) is 32.9 Å². The summed E-state index contributed by atoms with van der Waals surface area (Å²) in [6.45, 7) is 4.27. The van der Waals surface area contributed by atoms with E-state index in [1.54, 1.807) is 23.7 Å². The van der Waals surface area contributed by atoms with Crippen LogP contribution >= 0.6 is 0 Å². The second-order valence-electron chi connectivity index (χ2n) is 4.37. The highest BCUT2D eigenvalue weighted by Gasteiger charge is 2.23. The van der Waals surface area contributed by atoms with Gasteiger partial charge in [0.2, 0.25) is 5.88 Å². The van der Waals surface area contributed by atoms with Crippen molar-refractivity contribution in [2.75, 3.05) is 14.2 Å². The molecule has 0 spiro atoms. The highest BCUT2D eigenvalue weighted by Crippen LogP contribution is 2.23. The number of carboxylic acids is 1. The van der Waals surface area contributed by atoms with Gasteiger partial charge in [-0.2, -0.15) is 5.10 Å². The Balaban J connectivity index is 2.93. The Hall–Kier alpha value is -1.56. The maximum absolute atomic E-state index is 11.1. The van der Waals surface area contributed by atoms with Crippen LogP contribution in [0.5, 0.6) is 5.88 Å². The normalized spacial score (nSPS) is 12.8. The van der Waals surface area contributed by atoms with E-state index in [4.69, 9.17) is 9.84 Å². The summed E-state index contributed by atoms with van der Waals surface area (Å²) < 4.78 is 6.96. The smallest absolute Gasteiger partial charge is 0.320 e. The third-order valence-electron chi connectivity index (χ3n) is 3.09. The Morgan fingerprint density at radius 3 is 2.67 bits per heavy atom. The third kappa shape index (κ3) is 2.81. The fourth-order valence-electron chi connectivity index (χ4n) is 2.15. The van der Waals surface area contributed by atoms with E-state index < -0.39 is 12.0 Å². The third-order valence-corrected chi connectivity index (χ3v) is 3.09. The molecule has 1 aromatic rings. The number of likely N-dealkylation sites (N-methyl/N-ethyl adjacent to an activating group) is 1. The zero-order valence-corrected chi connectivity index (χ0v) is 11.6. The molecule has 0 aromatic carbocycles. The topological polar surface area (TPSA) is 67.6 Å². The summed E-state index contributed by atoms with van der Waals surface area (Å²) in [5.41, 5.74) is 1.80. The summed E-state index contributed by atoms with van der Waals surface area (Å²) >= 11 is 0. The molecule has 0 saturated carbocycles. The van der Waals surface area contributed by atoms with Crippen LogP contribution in [0.3, 0.4) is 0 Å². The molecule has 1 N–H and O–H groups in total. The lowest BCUT2D eigenvalue weighted by molar-refractivity contribution is -0.143. The first-order chi connectivity index (χ1) is 8.42. The SMILES string of the molecule is CCC(C(=O)O)N(C)Cc1c(C)nn(C)c1OC. The number of hydrogen-bond acceptors (Lipinski definition) is 4. The predicted octanol–water partition coefficient (Wildman–Crippen LogP) is 1.03. The molecule has 6 nitrogen and oxygen atoms in total. The van der Waals surface area contributed by atoms with E-state index in [9.17, 15) is 4.79 Å². The quantitative estimate of drug-likeness (QED) is 0.822. The Kier molecular flexibility index (Phi) is 4.72. The Morgan fingerprint density at radius 2 is 2.22 bits per heavy atom. The highest BCUT2D eigenvalue weighted by atomic mass is 16.5. The summed E-state index contributed by atoms with van der Waals surface area (Å²) in [6.07, 6.45) is 0.563. The van der Waals surface area contributed by atoms with Crippen LogP contribution in [0.25, 0.3) is 0 Å². The second-order valence-corrected chi connectivity index (χ2v) is 4.37. The minimum Gasteiger partial charge on any atom is -0.481 e. The van der Waals surface area contributed by atoms with E-state index in [1.165, 1.54) is 0 Å². The number of aliphatic carboxylic acids is 1. The van der Waals surface area contributed by atoms with Gasteiger partial charge in [-0.25, -0.2) is 4.68 Å². The molecule has 1 aromatic heterocycles. The standard InChI is InChI=1S/C12H21N3O3/c1-6-10(12(16)17)14(3)7-9-8(2)13-15(4)11(9)18-5/h10H,6-7H2,1-5H3,(H,16,17). The van der Waals surface area contributed by atoms with Crippen molar-refractivity contribution in [2.24, 2.45) is 7.05 Å². The summed E-state index contributed by atoms with van der Waals surface area (Å²) in [5.74, 6) is -0.125. The van der Waals surface area contributed by atoms with Crippen LogP contribution in [0.2, 0.25) is 0 Å². The number of hydrogen-bond donors (Lipinski definition) is 1. The summed E-state index contributed by atoms with van der Waals surface area (Å²) in [6, 6.07) is -0.491. The molecule has 0 radical (unpaired) electrons. The average molecular weight is 255 g/mol. The summed E-state index contributed by atoms with van der Waals surface area (Å²) in [7, 11) is 5.20. The zero-order chi connectivity index (χ0) is 13.9. The van der Waals surface area contributed by atoms with Crippen molar-refractivity contribution < 1.29 is 14.6 Å². The van der Waals surface area contributed by atoms with E-state index in [0.717, 1.165) is 11.3 Å². The van der Waals surface area contributed by atoms with Gasteiger partial charge in [-0.3, -0.25) is 9.69 Å². The molecular formula is C12H21N3O3. The highest BCUT2D eigenvalue weighted by molar-refractivity contribution is 5.73. The summed E-state index contributed by atoms with van der Waals surface area (Å²) in [5, 5.41) is 13.4. The maximum Gasteiger partial charge on any atom is 0.320 e. The van der Waals surface area contributed by atoms with Crippen molar-refractivity contribution >= 4 is 5.97 Å². The summed E-state index contributed by atoms with van der Waals surface area (Å²) in [4.78, 5) is 12.9. The first kappa shape index (κ1) is 14.5. The first-order valence-electron chi connectivity index (χ1n) is 5.91. The molecule has 0 saturated heterocycles. The molecule has 1 heterocycles. The molecule has 18 heavy (non-hydrogen) atoms. The zero-order valence-electron chi connectivity index (χ0n) is 11.6. The maximum atomic E-state index is 11.1. The van der Waals surface area contributed by atoms with Gasteiger partial charge in [-0.15, -0.1) is 0 Å². The van der Waals surface area contributed by atoms with E-state index in [2.05, 4.69) is 5.10 Å². The monoisotopic (exact) mass is 255 g/mol. The number of aromatic nitrogens is 2. The van der Waals surface area contributed by atoms with Gasteiger partial charge in [0.05, 0.1) is 18.4 Å². The molecule has 102 valence electrons. The van der Waals surface area contributed by atoms with Crippen LogP contribution in [-0.4, -0.2) is 46.0 Å². The largest absolute Gasteiger partial charge is 0.481 e. The fraction of sp³-hybridized carbons (Fsp3) is 0.667. The van der Waals surface area contributed by atoms with Crippen LogP contribution in [0.1, 0.15) is 24.6 Å². The van der Waals surface area contributed by atoms with Gasteiger partial charge >= 0.3 is 5.97 Å². The van der Waals surface area contributed by atoms with E-state index in [1.807, 2.05) is 20.9 Å². The molecular weight excluding hydrogens is 234 g/mol. The van der Waals surface area contributed by atoms with E-state index in [-0.39, 0.29) is 0 Å². The van der Waals surface area contributed by atoms with Crippen LogP contribution in [0.4, 0.5) is 0 Å². The van der Waals surface area contributed by atoms with Crippen molar-refractivity contribution in [3.8, 4) is 5.88 Å². The molecule has 0 aliphatic carbocycles. The number of methoxy groups -OCH3 is 1. The number of aryl methyl sites for hydroxylation is 2. The number of ether oxygens (including phenoxy) is 1. The molecule has 6 heteroatoms. The number of nitrogens with zero attached hydrogens (tertiary/aromatic N) is 3. The van der Waals surface area contributed by atoms with Crippen molar-refractivity contribution in [3.05, 3.63) is 11.3 Å². The fourth-order valence-corrected chi connectivity index (χ4v) is 2.15. The first-order valence-corrected chi connectivity index (χ1v) is 5.91. The van der Waals surface area contributed by atoms with Gasteiger partial charge in [0.25, 0.3) is 0 Å². The van der Waals surface area contributed by atoms with Crippen molar-refractivity contribution in [3.63, 3.8) is 0 Å². The molecule has 0 bridgehead atoms. The number of carboxylic acid groups (broad SMARTS) is 1. The lowest BCUT2D eigenvalue weighted by Crippen LogP contribution is -2.37. The van der Waals surface area contributed by atoms with Gasteiger partial charge in [0.1, 0.15) is 6.04 Å². The van der Waals surface area contributed by atoms with Gasteiger partial charge in [0, 0.05) is 13.6 Å². The Bertz CT molecular complexity index is 428. The van der Waals surface area contributed by atoms with E-state index in [0.29, 0.717) is 18.8 Å². The predicted molar refractivity (Wildman–Crippen MR) is 67.7 cm³/mol. The molecule has 0 amide bonds. The Labute approximate surface area is 107 Å². The van der Waals surface area contributed by atoms with Crippen molar-refractivity contribution in [1.29, 1.82) is 0 Å². The van der Waals surface area contributed by atoms with Gasteiger partial charge in [-0.05, 0) is 20.4 Å². The Morgan fingerprint density at radius 1 is 1.61 bits per heavy atom. The average Bonchev–Trinajstić information content (AvgIpc) is 2.53. The van der Waals surface area contributed by atoms with Gasteiger partial charge in [-0.1, -0.05) is 6.92 Å². The number of rotatable bonds is 6. The molecule has 0 fully saturated rings. The van der Waals surface area contributed by atoms with Crippen LogP contribution in [0, 0.1) is 6.92 Å². The minimum absolute atomic E-state index is 0.491. The minimum atomic E-state index is -0.805. The second kappa shape index (κ2) is 5.86. The molecule has 1 atom stereocenters. The lowest BCUT2D eigenvalue weighted by atomic mass is 10.1. The molecule has 1 rings (SSSR count). The van der Waals surface area contributed by atoms with Crippen LogP contribution in [-0.2, 0) is 18.4 Å². The van der Waals surface area contributed by atoms with Gasteiger partial charge < -0.3 is 9.84 Å². The van der Waals surface area contributed by atoms with Crippen LogP contribution < -0.4 is 4.74 Å². The van der Waals surface area contributed by atoms with E-state index >= 15 is 0 Å². The van der Waals surface area contributed by atoms with Crippen molar-refractivity contribution in [1.82, 2.24) is 14.7 Å². The molecule has 0 aliphatic rings. The van der Waals surface area contributed by atoms with Crippen LogP contribution in [0.15, 0.2) is 0 Å². The number of carbonyl (C=O) groups is 1. The molecule has 0 aliphatic heterocycles. The van der Waals surface area contributed by atoms with Gasteiger partial charge in [0.15, 0.2) is 0 Å².